The smallest absolute Gasteiger partial charge is 0.280 e. The Labute approximate surface area is 161 Å². The van der Waals surface area contributed by atoms with E-state index < -0.39 is 11.8 Å². The summed E-state index contributed by atoms with van der Waals surface area (Å²) >= 11 is 0. The topological polar surface area (TPSA) is 107 Å². The molecule has 0 radical (unpaired) electrons. The number of benzene rings is 1. The third kappa shape index (κ3) is 3.46. The van der Waals surface area contributed by atoms with Gasteiger partial charge in [0.25, 0.3) is 11.8 Å². The van der Waals surface area contributed by atoms with E-state index in [-0.39, 0.29) is 30.1 Å². The number of carbonyl (C=O) groups excluding carboxylic acids is 3. The Morgan fingerprint density at radius 3 is 2.32 bits per heavy atom. The molecule has 0 unspecified atom stereocenters. The van der Waals surface area contributed by atoms with Gasteiger partial charge in [0.05, 0.1) is 26.9 Å². The number of imide groups is 1. The zero-order valence-corrected chi connectivity index (χ0v) is 15.6. The van der Waals surface area contributed by atoms with Crippen molar-refractivity contribution >= 4 is 23.4 Å². The van der Waals surface area contributed by atoms with E-state index in [1.54, 1.807) is 24.3 Å². The second-order valence-electron chi connectivity index (χ2n) is 5.87. The van der Waals surface area contributed by atoms with Crippen molar-refractivity contribution < 1.29 is 28.6 Å². The van der Waals surface area contributed by atoms with Gasteiger partial charge >= 0.3 is 0 Å². The number of rotatable bonds is 7. The molecule has 0 saturated heterocycles. The van der Waals surface area contributed by atoms with Crippen LogP contribution < -0.4 is 19.5 Å². The molecule has 9 nitrogen and oxygen atoms in total. The van der Waals surface area contributed by atoms with E-state index in [0.29, 0.717) is 22.9 Å². The maximum Gasteiger partial charge on any atom is 0.280 e. The molecule has 0 atom stereocenters. The average Bonchev–Trinajstić information content (AvgIpc) is 2.96. The highest BCUT2D eigenvalue weighted by Crippen LogP contribution is 2.39. The Balaban J connectivity index is 1.67. The Kier molecular flexibility index (Phi) is 5.44. The molecule has 3 rings (SSSR count). The number of fused-ring (bicyclic) bond motifs is 1. The highest BCUT2D eigenvalue weighted by molar-refractivity contribution is 6.20. The second-order valence-corrected chi connectivity index (χ2v) is 5.87. The number of nitrogens with zero attached hydrogens (tertiary/aromatic N) is 2. The van der Waals surface area contributed by atoms with Crippen LogP contribution in [-0.4, -0.2) is 55.5 Å². The van der Waals surface area contributed by atoms with Gasteiger partial charge in [-0.2, -0.15) is 0 Å². The van der Waals surface area contributed by atoms with Crippen molar-refractivity contribution in [3.63, 3.8) is 0 Å². The molecule has 1 aromatic carbocycles. The molecule has 146 valence electrons. The van der Waals surface area contributed by atoms with Gasteiger partial charge in [0.15, 0.2) is 11.5 Å². The van der Waals surface area contributed by atoms with Gasteiger partial charge in [0, 0.05) is 37.0 Å². The van der Waals surface area contributed by atoms with Crippen LogP contribution in [0.5, 0.6) is 17.2 Å². The lowest BCUT2D eigenvalue weighted by molar-refractivity contribution is -0.116. The fourth-order valence-corrected chi connectivity index (χ4v) is 2.91. The first-order valence-electron chi connectivity index (χ1n) is 8.41. The summed E-state index contributed by atoms with van der Waals surface area (Å²) in [4.78, 5) is 41.9. The summed E-state index contributed by atoms with van der Waals surface area (Å²) in [6.45, 7) is -0.0513. The number of nitrogens with one attached hydrogen (secondary N) is 1. The maximum absolute atomic E-state index is 12.3. The molecule has 28 heavy (non-hydrogen) atoms. The van der Waals surface area contributed by atoms with Crippen molar-refractivity contribution in [3.05, 3.63) is 41.7 Å². The summed E-state index contributed by atoms with van der Waals surface area (Å²) in [6, 6.07) is 6.31. The Hall–Kier alpha value is -3.62. The predicted octanol–water partition coefficient (Wildman–Crippen LogP) is 1.73. The number of hydrogen-bond donors (Lipinski definition) is 1. The highest BCUT2D eigenvalue weighted by Gasteiger charge is 2.36. The van der Waals surface area contributed by atoms with Crippen LogP contribution >= 0.6 is 0 Å². The summed E-state index contributed by atoms with van der Waals surface area (Å²) in [7, 11) is 4.42. The van der Waals surface area contributed by atoms with Gasteiger partial charge in [-0.3, -0.25) is 24.3 Å². The SMILES string of the molecule is COc1cc(NC(=O)CCN2C(=O)c3cccnc3C2=O)cc(OC)c1OC. The standard InChI is InChI=1S/C19H19N3O6/c1-26-13-9-11(10-14(27-2)17(13)28-3)21-15(23)6-8-22-18(24)12-5-4-7-20-16(12)19(22)25/h4-5,7,9-10H,6,8H2,1-3H3,(H,21,23). The Morgan fingerprint density at radius 1 is 1.07 bits per heavy atom. The van der Waals surface area contributed by atoms with E-state index >= 15 is 0 Å². The number of ether oxygens (including phenoxy) is 3. The Bertz CT molecular complexity index is 883. The summed E-state index contributed by atoms with van der Waals surface area (Å²) < 4.78 is 15.7. The molecule has 0 spiro atoms. The molecule has 0 aliphatic carbocycles. The zero-order chi connectivity index (χ0) is 20.3. The van der Waals surface area contributed by atoms with Gasteiger partial charge in [-0.25, -0.2) is 0 Å². The van der Waals surface area contributed by atoms with E-state index in [1.807, 2.05) is 0 Å². The number of aromatic nitrogens is 1. The van der Waals surface area contributed by atoms with Crippen molar-refractivity contribution in [1.82, 2.24) is 9.88 Å². The van der Waals surface area contributed by atoms with Gasteiger partial charge in [0.1, 0.15) is 5.69 Å². The van der Waals surface area contributed by atoms with E-state index in [9.17, 15) is 14.4 Å². The van der Waals surface area contributed by atoms with Gasteiger partial charge in [-0.05, 0) is 12.1 Å². The lowest BCUT2D eigenvalue weighted by Crippen LogP contribution is -2.33. The van der Waals surface area contributed by atoms with E-state index in [2.05, 4.69) is 10.3 Å². The van der Waals surface area contributed by atoms with Crippen LogP contribution in [0.15, 0.2) is 30.5 Å². The highest BCUT2D eigenvalue weighted by atomic mass is 16.5. The van der Waals surface area contributed by atoms with Crippen molar-refractivity contribution in [2.75, 3.05) is 33.2 Å². The van der Waals surface area contributed by atoms with Crippen molar-refractivity contribution in [3.8, 4) is 17.2 Å². The lowest BCUT2D eigenvalue weighted by Gasteiger charge is -2.16. The first-order chi connectivity index (χ1) is 13.5. The normalized spacial score (nSPS) is 12.6. The molecule has 1 aliphatic heterocycles. The van der Waals surface area contributed by atoms with Gasteiger partial charge < -0.3 is 19.5 Å². The molecule has 3 amide bonds. The quantitative estimate of drug-likeness (QED) is 0.723. The molecular formula is C19H19N3O6. The van der Waals surface area contributed by atoms with Crippen molar-refractivity contribution in [2.45, 2.75) is 6.42 Å². The minimum atomic E-state index is -0.499. The van der Waals surface area contributed by atoms with Crippen molar-refractivity contribution in [2.24, 2.45) is 0 Å². The molecule has 2 heterocycles. The summed E-state index contributed by atoms with van der Waals surface area (Å²) in [5, 5.41) is 2.70. The fourth-order valence-electron chi connectivity index (χ4n) is 2.91. The molecule has 0 saturated carbocycles. The zero-order valence-electron chi connectivity index (χ0n) is 15.6. The number of pyridine rings is 1. The third-order valence-electron chi connectivity index (χ3n) is 4.24. The number of amides is 3. The average molecular weight is 385 g/mol. The lowest BCUT2D eigenvalue weighted by atomic mass is 10.2. The minimum Gasteiger partial charge on any atom is -0.493 e. The van der Waals surface area contributed by atoms with Gasteiger partial charge in [-0.15, -0.1) is 0 Å². The molecule has 9 heteroatoms. The number of methoxy groups -OCH3 is 3. The van der Waals surface area contributed by atoms with Gasteiger partial charge in [-0.1, -0.05) is 0 Å². The first kappa shape index (κ1) is 19.2. The van der Waals surface area contributed by atoms with Crippen LogP contribution in [0.25, 0.3) is 0 Å². The van der Waals surface area contributed by atoms with Crippen LogP contribution in [0.4, 0.5) is 5.69 Å². The molecule has 1 aromatic heterocycles. The summed E-state index contributed by atoms with van der Waals surface area (Å²) in [6.07, 6.45) is 1.38. The second kappa shape index (κ2) is 7.95. The van der Waals surface area contributed by atoms with E-state index in [0.717, 1.165) is 4.90 Å². The number of carbonyl (C=O) groups is 3. The van der Waals surface area contributed by atoms with Crippen LogP contribution in [0.2, 0.25) is 0 Å². The fraction of sp³-hybridized carbons (Fsp3) is 0.263. The predicted molar refractivity (Wildman–Crippen MR) is 98.9 cm³/mol. The van der Waals surface area contributed by atoms with Crippen LogP contribution in [-0.2, 0) is 4.79 Å². The third-order valence-corrected chi connectivity index (χ3v) is 4.24. The molecule has 1 aliphatic rings. The molecular weight excluding hydrogens is 366 g/mol. The molecule has 1 N–H and O–H groups in total. The summed E-state index contributed by atoms with van der Waals surface area (Å²) in [5.41, 5.74) is 0.790. The van der Waals surface area contributed by atoms with Crippen LogP contribution in [0, 0.1) is 0 Å². The van der Waals surface area contributed by atoms with E-state index in [1.165, 1.54) is 27.5 Å². The maximum atomic E-state index is 12.3. The van der Waals surface area contributed by atoms with E-state index in [4.69, 9.17) is 14.2 Å². The summed E-state index contributed by atoms with van der Waals surface area (Å²) in [5.74, 6) is -0.137. The first-order valence-corrected chi connectivity index (χ1v) is 8.41. The van der Waals surface area contributed by atoms with Crippen LogP contribution in [0.3, 0.4) is 0 Å². The van der Waals surface area contributed by atoms with Crippen molar-refractivity contribution in [1.29, 1.82) is 0 Å². The monoisotopic (exact) mass is 385 g/mol. The van der Waals surface area contributed by atoms with Gasteiger partial charge in [0.2, 0.25) is 11.7 Å². The Morgan fingerprint density at radius 2 is 1.75 bits per heavy atom. The van der Waals surface area contributed by atoms with Crippen LogP contribution in [0.1, 0.15) is 27.3 Å². The molecule has 0 bridgehead atoms. The number of anilines is 1. The minimum absolute atomic E-state index is 0.0513. The largest absolute Gasteiger partial charge is 0.493 e. The molecule has 2 aromatic rings. The number of hydrogen-bond acceptors (Lipinski definition) is 7. The molecule has 0 fully saturated rings.